The molecule has 3 unspecified atom stereocenters. The maximum Gasteiger partial charge on any atom is 0.260 e. The number of thioether (sulfide) groups is 1. The number of rotatable bonds is 3. The van der Waals surface area contributed by atoms with Gasteiger partial charge in [0, 0.05) is 43.3 Å². The van der Waals surface area contributed by atoms with E-state index in [4.69, 9.17) is 5.73 Å². The average molecular weight is 442 g/mol. The molecular formula is C24H31N3O3S. The highest BCUT2D eigenvalue weighted by Gasteiger charge is 2.44. The fraction of sp³-hybridized carbons (Fsp3) is 0.542. The van der Waals surface area contributed by atoms with E-state index in [1.54, 1.807) is 11.8 Å². The molecule has 3 fully saturated rings. The molecule has 2 saturated heterocycles. The van der Waals surface area contributed by atoms with Crippen LogP contribution in [0.3, 0.4) is 0 Å². The molecule has 7 heteroatoms. The summed E-state index contributed by atoms with van der Waals surface area (Å²) in [5, 5.41) is 0.323. The lowest BCUT2D eigenvalue weighted by Gasteiger charge is -2.45. The Morgan fingerprint density at radius 3 is 2.55 bits per heavy atom. The zero-order chi connectivity index (χ0) is 22.1. The first-order chi connectivity index (χ1) is 14.8. The van der Waals surface area contributed by atoms with Gasteiger partial charge in [-0.1, -0.05) is 29.8 Å². The summed E-state index contributed by atoms with van der Waals surface area (Å²) in [5.41, 5.74) is 7.63. The van der Waals surface area contributed by atoms with Gasteiger partial charge in [-0.3, -0.25) is 14.4 Å². The second kappa shape index (κ2) is 9.07. The van der Waals surface area contributed by atoms with Crippen LogP contribution in [0.4, 0.5) is 0 Å². The second-order valence-electron chi connectivity index (χ2n) is 9.07. The molecule has 6 nitrogen and oxygen atoms in total. The number of amides is 3. The molecule has 0 spiro atoms. The van der Waals surface area contributed by atoms with Crippen molar-refractivity contribution in [2.24, 2.45) is 17.6 Å². The molecule has 0 aromatic heterocycles. The van der Waals surface area contributed by atoms with Gasteiger partial charge in [0.05, 0.1) is 4.91 Å². The van der Waals surface area contributed by atoms with Crippen LogP contribution in [0, 0.1) is 18.8 Å². The van der Waals surface area contributed by atoms with E-state index in [0.717, 1.165) is 23.3 Å². The molecule has 2 aliphatic heterocycles. The van der Waals surface area contributed by atoms with Gasteiger partial charge >= 0.3 is 0 Å². The van der Waals surface area contributed by atoms with Gasteiger partial charge in [0.25, 0.3) is 5.91 Å². The van der Waals surface area contributed by atoms with Crippen molar-refractivity contribution in [2.75, 3.05) is 20.1 Å². The maximum atomic E-state index is 13.1. The van der Waals surface area contributed by atoms with E-state index >= 15 is 0 Å². The predicted molar refractivity (Wildman–Crippen MR) is 123 cm³/mol. The minimum absolute atomic E-state index is 0.0446. The first kappa shape index (κ1) is 21.9. The van der Waals surface area contributed by atoms with Gasteiger partial charge in [0.2, 0.25) is 11.8 Å². The normalized spacial score (nSPS) is 28.5. The summed E-state index contributed by atoms with van der Waals surface area (Å²) in [7, 11) is 1.87. The minimum atomic E-state index is -0.263. The molecule has 3 atom stereocenters. The first-order valence-electron chi connectivity index (χ1n) is 11.1. The van der Waals surface area contributed by atoms with E-state index < -0.39 is 0 Å². The lowest BCUT2D eigenvalue weighted by Crippen LogP contribution is -2.53. The lowest BCUT2D eigenvalue weighted by atomic mass is 9.83. The van der Waals surface area contributed by atoms with Gasteiger partial charge in [0.1, 0.15) is 0 Å². The van der Waals surface area contributed by atoms with Crippen LogP contribution < -0.4 is 5.73 Å². The Bertz CT molecular complexity index is 907. The largest absolute Gasteiger partial charge is 0.369 e. The molecule has 1 aromatic carbocycles. The number of fused-ring (bicyclic) bond motifs is 1. The highest BCUT2D eigenvalue weighted by Crippen LogP contribution is 2.43. The van der Waals surface area contributed by atoms with Crippen LogP contribution in [0.2, 0.25) is 0 Å². The van der Waals surface area contributed by atoms with Gasteiger partial charge in [-0.2, -0.15) is 0 Å². The van der Waals surface area contributed by atoms with E-state index in [1.807, 2.05) is 35.1 Å². The number of likely N-dealkylation sites (tertiary alicyclic amines) is 1. The Labute approximate surface area is 188 Å². The van der Waals surface area contributed by atoms with Gasteiger partial charge in [-0.15, -0.1) is 11.8 Å². The van der Waals surface area contributed by atoms with Crippen LogP contribution in [0.5, 0.6) is 0 Å². The predicted octanol–water partition coefficient (Wildman–Crippen LogP) is 2.80. The van der Waals surface area contributed by atoms with Crippen LogP contribution >= 0.6 is 11.8 Å². The standard InChI is InChI=1S/C24H31N3O3S/c1-15-4-3-5-16(12-15)13-21-24(30)26(2)19-14-18(6-7-20(19)31-21)23(29)27-10-8-17(9-11-27)22(25)28/h3-5,12-13,17-20H,6-11,14H2,1-2H3,(H2,25,28)/b21-13-. The van der Waals surface area contributed by atoms with Crippen LogP contribution in [0.25, 0.3) is 6.08 Å². The summed E-state index contributed by atoms with van der Waals surface area (Å²) in [4.78, 5) is 42.1. The molecule has 3 amide bonds. The summed E-state index contributed by atoms with van der Waals surface area (Å²) in [6.07, 6.45) is 5.79. The quantitative estimate of drug-likeness (QED) is 0.731. The van der Waals surface area contributed by atoms with Crippen molar-refractivity contribution in [1.29, 1.82) is 0 Å². The monoisotopic (exact) mass is 441 g/mol. The summed E-state index contributed by atoms with van der Waals surface area (Å²) >= 11 is 1.67. The van der Waals surface area contributed by atoms with E-state index in [9.17, 15) is 14.4 Å². The molecular weight excluding hydrogens is 410 g/mol. The number of nitrogens with two attached hydrogens (primary N) is 1. The summed E-state index contributed by atoms with van der Waals surface area (Å²) in [5.74, 6) is -0.209. The second-order valence-corrected chi connectivity index (χ2v) is 10.4. The molecule has 2 heterocycles. The van der Waals surface area contributed by atoms with Crippen molar-refractivity contribution in [3.05, 3.63) is 40.3 Å². The van der Waals surface area contributed by atoms with Crippen LogP contribution in [-0.4, -0.2) is 59.0 Å². The number of aryl methyl sites for hydroxylation is 1. The summed E-state index contributed by atoms with van der Waals surface area (Å²) in [6.45, 7) is 3.25. The van der Waals surface area contributed by atoms with Crippen LogP contribution in [0.15, 0.2) is 29.2 Å². The maximum absolute atomic E-state index is 13.1. The molecule has 2 N–H and O–H groups in total. The van der Waals surface area contributed by atoms with E-state index in [0.29, 0.717) is 37.6 Å². The van der Waals surface area contributed by atoms with E-state index in [1.165, 1.54) is 5.56 Å². The third kappa shape index (κ3) is 4.66. The fourth-order valence-electron chi connectivity index (χ4n) is 5.08. The Morgan fingerprint density at radius 2 is 1.87 bits per heavy atom. The summed E-state index contributed by atoms with van der Waals surface area (Å²) in [6, 6.07) is 8.25. The molecule has 1 saturated carbocycles. The topological polar surface area (TPSA) is 83.7 Å². The molecule has 31 heavy (non-hydrogen) atoms. The van der Waals surface area contributed by atoms with Gasteiger partial charge in [-0.25, -0.2) is 0 Å². The Balaban J connectivity index is 1.41. The number of likely N-dealkylation sites (N-methyl/N-ethyl adjacent to an activating group) is 1. The fourth-order valence-corrected chi connectivity index (χ4v) is 6.56. The minimum Gasteiger partial charge on any atom is -0.369 e. The zero-order valence-corrected chi connectivity index (χ0v) is 19.1. The zero-order valence-electron chi connectivity index (χ0n) is 18.3. The molecule has 0 bridgehead atoms. The van der Waals surface area contributed by atoms with Crippen molar-refractivity contribution in [3.8, 4) is 0 Å². The Kier molecular flexibility index (Phi) is 6.42. The lowest BCUT2D eigenvalue weighted by molar-refractivity contribution is -0.141. The van der Waals surface area contributed by atoms with E-state index in [2.05, 4.69) is 19.1 Å². The van der Waals surface area contributed by atoms with Gasteiger partial charge in [-0.05, 0) is 50.7 Å². The number of hydrogen-bond donors (Lipinski definition) is 1. The number of carbonyl (C=O) groups is 3. The third-order valence-electron chi connectivity index (χ3n) is 6.96. The van der Waals surface area contributed by atoms with Crippen molar-refractivity contribution < 1.29 is 14.4 Å². The Morgan fingerprint density at radius 1 is 1.13 bits per heavy atom. The SMILES string of the molecule is Cc1cccc(/C=C2\SC3CCC(C(=O)N4CCC(C(N)=O)CC4)CC3N(C)C2=O)c1. The summed E-state index contributed by atoms with van der Waals surface area (Å²) < 4.78 is 0. The number of carbonyl (C=O) groups excluding carboxylic acids is 3. The number of nitrogens with zero attached hydrogens (tertiary/aromatic N) is 2. The van der Waals surface area contributed by atoms with Crippen molar-refractivity contribution in [2.45, 2.75) is 50.3 Å². The highest BCUT2D eigenvalue weighted by atomic mass is 32.2. The molecule has 3 aliphatic rings. The van der Waals surface area contributed by atoms with Crippen molar-refractivity contribution in [3.63, 3.8) is 0 Å². The van der Waals surface area contributed by atoms with E-state index in [-0.39, 0.29) is 35.6 Å². The van der Waals surface area contributed by atoms with Gasteiger partial charge < -0.3 is 15.5 Å². The number of hydrogen-bond acceptors (Lipinski definition) is 4. The van der Waals surface area contributed by atoms with Crippen molar-refractivity contribution in [1.82, 2.24) is 9.80 Å². The molecule has 1 aliphatic carbocycles. The first-order valence-corrected chi connectivity index (χ1v) is 12.0. The number of primary amides is 1. The molecule has 166 valence electrons. The van der Waals surface area contributed by atoms with Crippen LogP contribution in [-0.2, 0) is 14.4 Å². The van der Waals surface area contributed by atoms with Crippen LogP contribution in [0.1, 0.15) is 43.2 Å². The number of benzene rings is 1. The molecule has 0 radical (unpaired) electrons. The highest BCUT2D eigenvalue weighted by molar-refractivity contribution is 8.04. The molecule has 4 rings (SSSR count). The molecule has 1 aromatic rings. The average Bonchev–Trinajstić information content (AvgIpc) is 2.77. The van der Waals surface area contributed by atoms with Crippen molar-refractivity contribution >= 4 is 35.6 Å². The smallest absolute Gasteiger partial charge is 0.260 e. The Hall–Kier alpha value is -2.28. The van der Waals surface area contributed by atoms with Gasteiger partial charge in [0.15, 0.2) is 0 Å². The third-order valence-corrected chi connectivity index (χ3v) is 8.36. The number of piperidine rings is 1.